The number of nitrogens with zero attached hydrogens (tertiary/aromatic N) is 1. The molecule has 0 spiro atoms. The van der Waals surface area contributed by atoms with Crippen LogP contribution in [0.1, 0.15) is 26.2 Å². The monoisotopic (exact) mass is 168 g/mol. The number of nitrogens with one attached hydrogen (secondary N) is 1. The van der Waals surface area contributed by atoms with E-state index in [1.165, 1.54) is 45.4 Å². The van der Waals surface area contributed by atoms with Crippen molar-refractivity contribution in [3.05, 3.63) is 0 Å². The SMILES string of the molecule is CCC1CN(CC2CCCN2)C1. The molecule has 2 aliphatic rings. The van der Waals surface area contributed by atoms with Crippen molar-refractivity contribution < 1.29 is 0 Å². The Labute approximate surface area is 75.3 Å². The first-order chi connectivity index (χ1) is 5.88. The van der Waals surface area contributed by atoms with Crippen molar-refractivity contribution in [3.63, 3.8) is 0 Å². The second-order valence-electron chi connectivity index (χ2n) is 4.29. The van der Waals surface area contributed by atoms with Crippen molar-refractivity contribution in [2.45, 2.75) is 32.2 Å². The fraction of sp³-hybridized carbons (Fsp3) is 1.00. The van der Waals surface area contributed by atoms with Gasteiger partial charge in [0.1, 0.15) is 0 Å². The molecule has 1 unspecified atom stereocenters. The van der Waals surface area contributed by atoms with E-state index in [1.807, 2.05) is 0 Å². The molecule has 2 heteroatoms. The fourth-order valence-corrected chi connectivity index (χ4v) is 2.31. The molecule has 0 aliphatic carbocycles. The van der Waals surface area contributed by atoms with Crippen LogP contribution in [0.3, 0.4) is 0 Å². The van der Waals surface area contributed by atoms with Crippen LogP contribution in [-0.2, 0) is 0 Å². The standard InChI is InChI=1S/C10H20N2/c1-2-9-6-12(7-9)8-10-4-3-5-11-10/h9-11H,2-8H2,1H3. The third kappa shape index (κ3) is 1.80. The zero-order valence-corrected chi connectivity index (χ0v) is 8.05. The summed E-state index contributed by atoms with van der Waals surface area (Å²) in [5, 5.41) is 3.55. The van der Waals surface area contributed by atoms with E-state index in [4.69, 9.17) is 0 Å². The van der Waals surface area contributed by atoms with Gasteiger partial charge in [-0.2, -0.15) is 0 Å². The van der Waals surface area contributed by atoms with Gasteiger partial charge in [-0.25, -0.2) is 0 Å². The molecule has 2 aliphatic heterocycles. The van der Waals surface area contributed by atoms with E-state index in [9.17, 15) is 0 Å². The van der Waals surface area contributed by atoms with Gasteiger partial charge in [0.25, 0.3) is 0 Å². The van der Waals surface area contributed by atoms with Gasteiger partial charge >= 0.3 is 0 Å². The summed E-state index contributed by atoms with van der Waals surface area (Å²) in [5.74, 6) is 1.01. The molecule has 2 rings (SSSR count). The van der Waals surface area contributed by atoms with Crippen molar-refractivity contribution in [1.82, 2.24) is 10.2 Å². The van der Waals surface area contributed by atoms with Crippen LogP contribution in [0.25, 0.3) is 0 Å². The first kappa shape index (κ1) is 8.52. The van der Waals surface area contributed by atoms with Crippen LogP contribution >= 0.6 is 0 Å². The lowest BCUT2D eigenvalue weighted by Gasteiger charge is -2.40. The highest BCUT2D eigenvalue weighted by Gasteiger charge is 2.27. The summed E-state index contributed by atoms with van der Waals surface area (Å²) < 4.78 is 0. The molecule has 1 N–H and O–H groups in total. The van der Waals surface area contributed by atoms with Crippen molar-refractivity contribution in [3.8, 4) is 0 Å². The van der Waals surface area contributed by atoms with E-state index in [-0.39, 0.29) is 0 Å². The van der Waals surface area contributed by atoms with Gasteiger partial charge in [-0.3, -0.25) is 0 Å². The minimum absolute atomic E-state index is 0.808. The summed E-state index contributed by atoms with van der Waals surface area (Å²) in [6, 6.07) is 0.808. The van der Waals surface area contributed by atoms with E-state index in [0.717, 1.165) is 12.0 Å². The zero-order valence-electron chi connectivity index (χ0n) is 8.05. The largest absolute Gasteiger partial charge is 0.313 e. The normalized spacial score (nSPS) is 32.2. The van der Waals surface area contributed by atoms with Gasteiger partial charge in [-0.1, -0.05) is 13.3 Å². The summed E-state index contributed by atoms with van der Waals surface area (Å²) in [5.41, 5.74) is 0. The third-order valence-electron chi connectivity index (χ3n) is 3.25. The Morgan fingerprint density at radius 2 is 2.25 bits per heavy atom. The highest BCUT2D eigenvalue weighted by molar-refractivity contribution is 4.84. The van der Waals surface area contributed by atoms with E-state index in [2.05, 4.69) is 17.1 Å². The van der Waals surface area contributed by atoms with Crippen molar-refractivity contribution in [1.29, 1.82) is 0 Å². The average molecular weight is 168 g/mol. The highest BCUT2D eigenvalue weighted by atomic mass is 15.2. The van der Waals surface area contributed by atoms with Crippen LogP contribution in [0.2, 0.25) is 0 Å². The van der Waals surface area contributed by atoms with Gasteiger partial charge in [0, 0.05) is 25.7 Å². The van der Waals surface area contributed by atoms with Gasteiger partial charge in [-0.05, 0) is 25.3 Å². The van der Waals surface area contributed by atoms with Crippen LogP contribution in [0.5, 0.6) is 0 Å². The Balaban J connectivity index is 1.62. The second-order valence-corrected chi connectivity index (χ2v) is 4.29. The number of likely N-dealkylation sites (tertiary alicyclic amines) is 1. The van der Waals surface area contributed by atoms with Gasteiger partial charge < -0.3 is 10.2 Å². The van der Waals surface area contributed by atoms with Gasteiger partial charge in [-0.15, -0.1) is 0 Å². The Hall–Kier alpha value is -0.0800. The third-order valence-corrected chi connectivity index (χ3v) is 3.25. The predicted octanol–water partition coefficient (Wildman–Crippen LogP) is 1.08. The Kier molecular flexibility index (Phi) is 2.66. The summed E-state index contributed by atoms with van der Waals surface area (Å²) in [7, 11) is 0. The lowest BCUT2D eigenvalue weighted by Crippen LogP contribution is -2.50. The lowest BCUT2D eigenvalue weighted by atomic mass is 9.96. The molecular weight excluding hydrogens is 148 g/mol. The number of rotatable bonds is 3. The Morgan fingerprint density at radius 1 is 1.42 bits per heavy atom. The molecule has 2 fully saturated rings. The topological polar surface area (TPSA) is 15.3 Å². The molecule has 0 radical (unpaired) electrons. The van der Waals surface area contributed by atoms with Crippen LogP contribution in [0.4, 0.5) is 0 Å². The molecule has 0 bridgehead atoms. The maximum atomic E-state index is 3.55. The molecular formula is C10H20N2. The number of hydrogen-bond donors (Lipinski definition) is 1. The smallest absolute Gasteiger partial charge is 0.0195 e. The first-order valence-electron chi connectivity index (χ1n) is 5.34. The minimum atomic E-state index is 0.808. The van der Waals surface area contributed by atoms with Gasteiger partial charge in [0.05, 0.1) is 0 Å². The van der Waals surface area contributed by atoms with Crippen molar-refractivity contribution in [2.24, 2.45) is 5.92 Å². The second kappa shape index (κ2) is 3.75. The maximum Gasteiger partial charge on any atom is 0.0195 e. The van der Waals surface area contributed by atoms with E-state index in [0.29, 0.717) is 0 Å². The van der Waals surface area contributed by atoms with Crippen molar-refractivity contribution >= 4 is 0 Å². The van der Waals surface area contributed by atoms with Crippen LogP contribution in [-0.4, -0.2) is 37.1 Å². The predicted molar refractivity (Wildman–Crippen MR) is 51.2 cm³/mol. The van der Waals surface area contributed by atoms with Gasteiger partial charge in [0.2, 0.25) is 0 Å². The Bertz CT molecular complexity index is 135. The van der Waals surface area contributed by atoms with Crippen LogP contribution in [0, 0.1) is 5.92 Å². The molecule has 2 heterocycles. The fourth-order valence-electron chi connectivity index (χ4n) is 2.31. The summed E-state index contributed by atoms with van der Waals surface area (Å²) >= 11 is 0. The highest BCUT2D eigenvalue weighted by Crippen LogP contribution is 2.19. The first-order valence-corrected chi connectivity index (χ1v) is 5.34. The quantitative estimate of drug-likeness (QED) is 0.678. The molecule has 2 nitrogen and oxygen atoms in total. The van der Waals surface area contributed by atoms with E-state index >= 15 is 0 Å². The molecule has 0 aromatic carbocycles. The average Bonchev–Trinajstić information content (AvgIpc) is 2.47. The number of hydrogen-bond acceptors (Lipinski definition) is 2. The molecule has 70 valence electrons. The zero-order chi connectivity index (χ0) is 8.39. The lowest BCUT2D eigenvalue weighted by molar-refractivity contribution is 0.0884. The molecule has 1 atom stereocenters. The van der Waals surface area contributed by atoms with Crippen molar-refractivity contribution in [2.75, 3.05) is 26.2 Å². The minimum Gasteiger partial charge on any atom is -0.313 e. The van der Waals surface area contributed by atoms with Crippen LogP contribution < -0.4 is 5.32 Å². The molecule has 0 aromatic rings. The summed E-state index contributed by atoms with van der Waals surface area (Å²) in [6.45, 7) is 7.56. The van der Waals surface area contributed by atoms with E-state index < -0.39 is 0 Å². The molecule has 0 aromatic heterocycles. The molecule has 12 heavy (non-hydrogen) atoms. The molecule has 0 amide bonds. The van der Waals surface area contributed by atoms with E-state index in [1.54, 1.807) is 0 Å². The summed E-state index contributed by atoms with van der Waals surface area (Å²) in [6.07, 6.45) is 4.15. The van der Waals surface area contributed by atoms with Gasteiger partial charge in [0.15, 0.2) is 0 Å². The Morgan fingerprint density at radius 3 is 2.83 bits per heavy atom. The molecule has 0 saturated carbocycles. The molecule has 2 saturated heterocycles. The maximum absolute atomic E-state index is 3.55. The summed E-state index contributed by atoms with van der Waals surface area (Å²) in [4.78, 5) is 2.59. The van der Waals surface area contributed by atoms with Crippen LogP contribution in [0.15, 0.2) is 0 Å².